The predicted molar refractivity (Wildman–Crippen MR) is 73.8 cm³/mol. The Morgan fingerprint density at radius 3 is 3.00 bits per heavy atom. The zero-order valence-electron chi connectivity index (χ0n) is 10.6. The van der Waals surface area contributed by atoms with Crippen molar-refractivity contribution in [1.29, 1.82) is 0 Å². The van der Waals surface area contributed by atoms with Crippen molar-refractivity contribution in [3.63, 3.8) is 0 Å². The normalized spacial score (nSPS) is 22.3. The second-order valence-corrected chi connectivity index (χ2v) is 5.22. The standard InChI is InChI=1S/C17H20/c1-2-7-13-12-14-8-3-4-9-16(14)17-11-6-5-10-15(13)17/h3-5,8-10,13H,2,6-7,11-12H2,1H3. The van der Waals surface area contributed by atoms with Gasteiger partial charge in [0.25, 0.3) is 0 Å². The molecule has 0 aliphatic heterocycles. The van der Waals surface area contributed by atoms with Gasteiger partial charge in [0.2, 0.25) is 0 Å². The first-order chi connectivity index (χ1) is 8.40. The molecule has 1 atom stereocenters. The largest absolute Gasteiger partial charge is 0.0839 e. The van der Waals surface area contributed by atoms with Crippen molar-refractivity contribution in [3.05, 3.63) is 53.1 Å². The summed E-state index contributed by atoms with van der Waals surface area (Å²) in [6.07, 6.45) is 11.1. The van der Waals surface area contributed by atoms with Gasteiger partial charge in [-0.05, 0) is 53.9 Å². The quantitative estimate of drug-likeness (QED) is 0.679. The maximum absolute atomic E-state index is 2.40. The molecule has 17 heavy (non-hydrogen) atoms. The van der Waals surface area contributed by atoms with Crippen molar-refractivity contribution in [2.75, 3.05) is 0 Å². The third-order valence-electron chi connectivity index (χ3n) is 4.09. The van der Waals surface area contributed by atoms with E-state index in [9.17, 15) is 0 Å². The van der Waals surface area contributed by atoms with Gasteiger partial charge in [0.1, 0.15) is 0 Å². The molecule has 1 unspecified atom stereocenters. The molecule has 1 aromatic carbocycles. The molecule has 0 saturated heterocycles. The Morgan fingerprint density at radius 2 is 2.12 bits per heavy atom. The van der Waals surface area contributed by atoms with E-state index in [1.807, 2.05) is 0 Å². The Kier molecular flexibility index (Phi) is 2.88. The van der Waals surface area contributed by atoms with Gasteiger partial charge in [-0.3, -0.25) is 0 Å². The zero-order chi connectivity index (χ0) is 11.7. The molecule has 0 bridgehead atoms. The van der Waals surface area contributed by atoms with Crippen LogP contribution < -0.4 is 0 Å². The number of hydrogen-bond acceptors (Lipinski definition) is 0. The van der Waals surface area contributed by atoms with Gasteiger partial charge in [0.15, 0.2) is 0 Å². The highest BCUT2D eigenvalue weighted by atomic mass is 14.3. The van der Waals surface area contributed by atoms with Gasteiger partial charge in [0.05, 0.1) is 0 Å². The fourth-order valence-electron chi connectivity index (χ4n) is 3.33. The molecule has 0 nitrogen and oxygen atoms in total. The summed E-state index contributed by atoms with van der Waals surface area (Å²) in [5, 5.41) is 0. The van der Waals surface area contributed by atoms with E-state index in [0.717, 1.165) is 5.92 Å². The highest BCUT2D eigenvalue weighted by molar-refractivity contribution is 5.76. The van der Waals surface area contributed by atoms with E-state index in [0.29, 0.717) is 0 Å². The van der Waals surface area contributed by atoms with Crippen molar-refractivity contribution in [2.45, 2.75) is 39.0 Å². The lowest BCUT2D eigenvalue weighted by molar-refractivity contribution is 0.548. The van der Waals surface area contributed by atoms with E-state index < -0.39 is 0 Å². The van der Waals surface area contributed by atoms with Crippen LogP contribution in [0.15, 0.2) is 42.0 Å². The van der Waals surface area contributed by atoms with Gasteiger partial charge < -0.3 is 0 Å². The molecule has 0 saturated carbocycles. The smallest absolute Gasteiger partial charge is 0.0119 e. The van der Waals surface area contributed by atoms with Crippen molar-refractivity contribution in [3.8, 4) is 0 Å². The van der Waals surface area contributed by atoms with E-state index in [-0.39, 0.29) is 0 Å². The third-order valence-corrected chi connectivity index (χ3v) is 4.09. The summed E-state index contributed by atoms with van der Waals surface area (Å²) in [7, 11) is 0. The monoisotopic (exact) mass is 224 g/mol. The van der Waals surface area contributed by atoms with Crippen molar-refractivity contribution in [2.24, 2.45) is 5.92 Å². The van der Waals surface area contributed by atoms with Gasteiger partial charge in [-0.1, -0.05) is 49.8 Å². The Balaban J connectivity index is 2.09. The maximum atomic E-state index is 2.40. The number of rotatable bonds is 2. The van der Waals surface area contributed by atoms with Crippen molar-refractivity contribution < 1.29 is 0 Å². The topological polar surface area (TPSA) is 0 Å². The lowest BCUT2D eigenvalue weighted by Crippen LogP contribution is -2.16. The lowest BCUT2D eigenvalue weighted by atomic mass is 9.74. The molecular weight excluding hydrogens is 204 g/mol. The average Bonchev–Trinajstić information content (AvgIpc) is 2.39. The summed E-state index contributed by atoms with van der Waals surface area (Å²) >= 11 is 0. The number of benzene rings is 1. The first kappa shape index (κ1) is 10.8. The minimum absolute atomic E-state index is 0.765. The van der Waals surface area contributed by atoms with Gasteiger partial charge in [-0.25, -0.2) is 0 Å². The maximum Gasteiger partial charge on any atom is -0.0119 e. The van der Waals surface area contributed by atoms with Gasteiger partial charge in [-0.15, -0.1) is 0 Å². The Morgan fingerprint density at radius 1 is 1.24 bits per heavy atom. The summed E-state index contributed by atoms with van der Waals surface area (Å²) < 4.78 is 0. The Bertz CT molecular complexity index is 477. The second-order valence-electron chi connectivity index (χ2n) is 5.22. The van der Waals surface area contributed by atoms with E-state index in [1.54, 1.807) is 16.7 Å². The molecule has 2 aliphatic rings. The van der Waals surface area contributed by atoms with E-state index in [4.69, 9.17) is 0 Å². The van der Waals surface area contributed by atoms with Crippen LogP contribution in [-0.2, 0) is 6.42 Å². The summed E-state index contributed by atoms with van der Waals surface area (Å²) in [5.74, 6) is 0.765. The van der Waals surface area contributed by atoms with Crippen LogP contribution in [0.5, 0.6) is 0 Å². The van der Waals surface area contributed by atoms with Crippen LogP contribution in [0, 0.1) is 5.92 Å². The molecule has 0 heteroatoms. The van der Waals surface area contributed by atoms with Gasteiger partial charge in [0, 0.05) is 0 Å². The highest BCUT2D eigenvalue weighted by Crippen LogP contribution is 2.41. The van der Waals surface area contributed by atoms with Crippen molar-refractivity contribution in [1.82, 2.24) is 0 Å². The average molecular weight is 224 g/mol. The van der Waals surface area contributed by atoms with E-state index in [1.165, 1.54) is 37.7 Å². The summed E-state index contributed by atoms with van der Waals surface area (Å²) in [4.78, 5) is 0. The first-order valence-corrected chi connectivity index (χ1v) is 6.88. The molecule has 2 aliphatic carbocycles. The molecule has 0 spiro atoms. The van der Waals surface area contributed by atoms with Crippen LogP contribution >= 0.6 is 0 Å². The molecule has 3 rings (SSSR count). The van der Waals surface area contributed by atoms with Crippen molar-refractivity contribution >= 4 is 5.57 Å². The number of fused-ring (bicyclic) bond motifs is 2. The Labute approximate surface area is 104 Å². The van der Waals surface area contributed by atoms with Crippen LogP contribution in [0.25, 0.3) is 5.57 Å². The van der Waals surface area contributed by atoms with Crippen LogP contribution in [0.3, 0.4) is 0 Å². The first-order valence-electron chi connectivity index (χ1n) is 6.88. The van der Waals surface area contributed by atoms with Crippen LogP contribution in [-0.4, -0.2) is 0 Å². The highest BCUT2D eigenvalue weighted by Gasteiger charge is 2.25. The molecule has 0 N–H and O–H groups in total. The molecule has 0 amide bonds. The summed E-state index contributed by atoms with van der Waals surface area (Å²) in [6.45, 7) is 2.30. The Hall–Kier alpha value is -1.30. The zero-order valence-corrected chi connectivity index (χ0v) is 10.6. The minimum Gasteiger partial charge on any atom is -0.0839 e. The van der Waals surface area contributed by atoms with Gasteiger partial charge >= 0.3 is 0 Å². The third kappa shape index (κ3) is 1.86. The molecule has 0 aromatic heterocycles. The fourth-order valence-corrected chi connectivity index (χ4v) is 3.33. The molecule has 88 valence electrons. The predicted octanol–water partition coefficient (Wildman–Crippen LogP) is 4.76. The van der Waals surface area contributed by atoms with Crippen LogP contribution in [0.1, 0.15) is 43.7 Å². The van der Waals surface area contributed by atoms with Crippen LogP contribution in [0.2, 0.25) is 0 Å². The van der Waals surface area contributed by atoms with E-state index in [2.05, 4.69) is 43.3 Å². The minimum atomic E-state index is 0.765. The number of hydrogen-bond donors (Lipinski definition) is 0. The molecule has 0 fully saturated rings. The molecule has 0 heterocycles. The van der Waals surface area contributed by atoms with Crippen LogP contribution in [0.4, 0.5) is 0 Å². The number of allylic oxidation sites excluding steroid dienone is 4. The SMILES string of the molecule is CCCC1Cc2ccccc2C2=C1C=CCC2. The second kappa shape index (κ2) is 4.52. The lowest BCUT2D eigenvalue weighted by Gasteiger charge is -2.31. The molecule has 0 radical (unpaired) electrons. The summed E-state index contributed by atoms with van der Waals surface area (Å²) in [6, 6.07) is 9.00. The summed E-state index contributed by atoms with van der Waals surface area (Å²) in [5.41, 5.74) is 6.36. The van der Waals surface area contributed by atoms with Gasteiger partial charge in [-0.2, -0.15) is 0 Å². The molecular formula is C17H20. The fraction of sp³-hybridized carbons (Fsp3) is 0.412. The molecule has 1 aromatic rings. The van der Waals surface area contributed by atoms with E-state index >= 15 is 0 Å².